The van der Waals surface area contributed by atoms with E-state index in [0.717, 1.165) is 12.1 Å². The fourth-order valence-corrected chi connectivity index (χ4v) is 3.85. The Hall–Kier alpha value is -2.27. The van der Waals surface area contributed by atoms with E-state index in [1.54, 1.807) is 24.4 Å². The third-order valence-electron chi connectivity index (χ3n) is 4.61. The Kier molecular flexibility index (Phi) is 7.01. The summed E-state index contributed by atoms with van der Waals surface area (Å²) in [7, 11) is 1.61. The number of hydrogen-bond acceptors (Lipinski definition) is 6. The van der Waals surface area contributed by atoms with E-state index in [1.807, 2.05) is 9.47 Å². The first kappa shape index (κ1) is 21.4. The molecule has 0 atom stereocenters. The van der Waals surface area contributed by atoms with Crippen molar-refractivity contribution in [1.29, 1.82) is 0 Å². The van der Waals surface area contributed by atoms with Crippen LogP contribution in [0.25, 0.3) is 0 Å². The molecule has 2 aromatic rings. The number of hydrogen-bond donors (Lipinski definition) is 0. The summed E-state index contributed by atoms with van der Waals surface area (Å²) < 4.78 is 45.6. The van der Waals surface area contributed by atoms with Gasteiger partial charge in [-0.05, 0) is 18.2 Å². The van der Waals surface area contributed by atoms with Gasteiger partial charge in [0.15, 0.2) is 5.16 Å². The predicted molar refractivity (Wildman–Crippen MR) is 103 cm³/mol. The summed E-state index contributed by atoms with van der Waals surface area (Å²) >= 11 is 1.31. The fraction of sp³-hybridized carbons (Fsp3) is 0.500. The third kappa shape index (κ3) is 5.63. The maximum Gasteiger partial charge on any atom is 0.416 e. The predicted octanol–water partition coefficient (Wildman–Crippen LogP) is 2.38. The van der Waals surface area contributed by atoms with Crippen molar-refractivity contribution < 1.29 is 22.7 Å². The lowest BCUT2D eigenvalue weighted by Gasteiger charge is -2.36. The minimum atomic E-state index is -4.37. The fourth-order valence-electron chi connectivity index (χ4n) is 3.01. The van der Waals surface area contributed by atoms with Gasteiger partial charge < -0.3 is 19.1 Å². The van der Waals surface area contributed by atoms with E-state index in [-0.39, 0.29) is 11.7 Å². The van der Waals surface area contributed by atoms with E-state index < -0.39 is 11.7 Å². The van der Waals surface area contributed by atoms with Gasteiger partial charge in [0.05, 0.1) is 17.9 Å². The Balaban J connectivity index is 1.51. The summed E-state index contributed by atoms with van der Waals surface area (Å²) in [6.45, 7) is 3.04. The number of alkyl halides is 3. The smallest absolute Gasteiger partial charge is 0.383 e. The number of rotatable bonds is 7. The van der Waals surface area contributed by atoms with Gasteiger partial charge in [0.1, 0.15) is 6.33 Å². The summed E-state index contributed by atoms with van der Waals surface area (Å²) in [6, 6.07) is 5.29. The van der Waals surface area contributed by atoms with E-state index in [1.165, 1.54) is 17.8 Å². The molecule has 29 heavy (non-hydrogen) atoms. The Morgan fingerprint density at radius 1 is 1.24 bits per heavy atom. The van der Waals surface area contributed by atoms with Crippen molar-refractivity contribution in [2.45, 2.75) is 17.9 Å². The molecule has 0 N–H and O–H groups in total. The number of methoxy groups -OCH3 is 1. The third-order valence-corrected chi connectivity index (χ3v) is 5.58. The Bertz CT molecular complexity index is 822. The first-order valence-corrected chi connectivity index (χ1v) is 10.1. The largest absolute Gasteiger partial charge is 0.416 e. The maximum absolute atomic E-state index is 12.9. The van der Waals surface area contributed by atoms with Crippen molar-refractivity contribution in [3.05, 3.63) is 36.2 Å². The van der Waals surface area contributed by atoms with Gasteiger partial charge in [-0.3, -0.25) is 4.79 Å². The van der Waals surface area contributed by atoms with Crippen molar-refractivity contribution in [3.63, 3.8) is 0 Å². The summed E-state index contributed by atoms with van der Waals surface area (Å²) in [5.74, 6) is 0.204. The number of piperazine rings is 1. The van der Waals surface area contributed by atoms with Gasteiger partial charge in [-0.1, -0.05) is 17.8 Å². The van der Waals surface area contributed by atoms with Gasteiger partial charge in [-0.15, -0.1) is 10.2 Å². The quantitative estimate of drug-likeness (QED) is 0.630. The zero-order chi connectivity index (χ0) is 20.9. The van der Waals surface area contributed by atoms with E-state index in [2.05, 4.69) is 10.2 Å². The van der Waals surface area contributed by atoms with Crippen LogP contribution >= 0.6 is 11.8 Å². The SMILES string of the molecule is COCCn1cnnc1SCC(=O)N1CCN(c2cccc(C(F)(F)F)c2)CC1. The van der Waals surface area contributed by atoms with Crippen molar-refractivity contribution in [3.8, 4) is 0 Å². The molecule has 1 fully saturated rings. The number of carbonyl (C=O) groups excluding carboxylic acids is 1. The van der Waals surface area contributed by atoms with Gasteiger partial charge in [0.2, 0.25) is 5.91 Å². The van der Waals surface area contributed by atoms with Gasteiger partial charge in [-0.2, -0.15) is 13.2 Å². The summed E-state index contributed by atoms with van der Waals surface area (Å²) in [4.78, 5) is 16.1. The molecule has 0 saturated carbocycles. The molecular weight excluding hydrogens is 407 g/mol. The molecule has 0 radical (unpaired) electrons. The molecule has 0 unspecified atom stereocenters. The zero-order valence-electron chi connectivity index (χ0n) is 15.9. The van der Waals surface area contributed by atoms with Crippen LogP contribution in [0, 0.1) is 0 Å². The molecule has 0 aliphatic carbocycles. The van der Waals surface area contributed by atoms with Gasteiger partial charge >= 0.3 is 6.18 Å². The molecule has 11 heteroatoms. The van der Waals surface area contributed by atoms with Crippen LogP contribution in [0.1, 0.15) is 5.56 Å². The number of thioether (sulfide) groups is 1. The number of amides is 1. The molecule has 1 aromatic carbocycles. The lowest BCUT2D eigenvalue weighted by Crippen LogP contribution is -2.49. The normalized spacial score (nSPS) is 15.0. The van der Waals surface area contributed by atoms with Crippen LogP contribution in [-0.2, 0) is 22.3 Å². The molecule has 158 valence electrons. The maximum atomic E-state index is 12.9. The number of ether oxygens (including phenoxy) is 1. The second-order valence-corrected chi connectivity index (χ2v) is 7.45. The lowest BCUT2D eigenvalue weighted by atomic mass is 10.1. The van der Waals surface area contributed by atoms with Crippen LogP contribution in [-0.4, -0.2) is 71.2 Å². The lowest BCUT2D eigenvalue weighted by molar-refractivity contribution is -0.137. The van der Waals surface area contributed by atoms with Crippen molar-refractivity contribution >= 4 is 23.4 Å². The number of aromatic nitrogens is 3. The van der Waals surface area contributed by atoms with Crippen LogP contribution in [0.4, 0.5) is 18.9 Å². The highest BCUT2D eigenvalue weighted by Crippen LogP contribution is 2.32. The average molecular weight is 429 g/mol. The number of halogens is 3. The van der Waals surface area contributed by atoms with Gasteiger partial charge in [0.25, 0.3) is 0 Å². The Morgan fingerprint density at radius 2 is 2.00 bits per heavy atom. The highest BCUT2D eigenvalue weighted by atomic mass is 32.2. The number of benzene rings is 1. The zero-order valence-corrected chi connectivity index (χ0v) is 16.7. The standard InChI is InChI=1S/C18H22F3N5O2S/c1-28-10-9-26-13-22-23-17(26)29-12-16(27)25-7-5-24(6-8-25)15-4-2-3-14(11-15)18(19,20)21/h2-4,11,13H,5-10,12H2,1H3. The van der Waals surface area contributed by atoms with Crippen LogP contribution < -0.4 is 4.90 Å². The van der Waals surface area contributed by atoms with Crippen molar-refractivity contribution in [2.75, 3.05) is 50.5 Å². The highest BCUT2D eigenvalue weighted by Gasteiger charge is 2.31. The van der Waals surface area contributed by atoms with Crippen LogP contribution in [0.15, 0.2) is 35.7 Å². The van der Waals surface area contributed by atoms with E-state index in [0.29, 0.717) is 50.2 Å². The van der Waals surface area contributed by atoms with Gasteiger partial charge in [-0.25, -0.2) is 0 Å². The van der Waals surface area contributed by atoms with Crippen LogP contribution in [0.2, 0.25) is 0 Å². The van der Waals surface area contributed by atoms with E-state index >= 15 is 0 Å². The molecule has 0 bridgehead atoms. The van der Waals surface area contributed by atoms with Gasteiger partial charge in [0, 0.05) is 45.5 Å². The first-order chi connectivity index (χ1) is 13.9. The second-order valence-electron chi connectivity index (χ2n) is 6.50. The van der Waals surface area contributed by atoms with Crippen LogP contribution in [0.3, 0.4) is 0 Å². The minimum Gasteiger partial charge on any atom is -0.383 e. The minimum absolute atomic E-state index is 0.0278. The monoisotopic (exact) mass is 429 g/mol. The van der Waals surface area contributed by atoms with Crippen molar-refractivity contribution in [2.24, 2.45) is 0 Å². The molecule has 1 amide bonds. The Morgan fingerprint density at radius 3 is 2.69 bits per heavy atom. The molecule has 7 nitrogen and oxygen atoms in total. The molecule has 1 aromatic heterocycles. The molecule has 3 rings (SSSR count). The number of anilines is 1. The van der Waals surface area contributed by atoms with E-state index in [9.17, 15) is 18.0 Å². The van der Waals surface area contributed by atoms with Crippen LogP contribution in [0.5, 0.6) is 0 Å². The molecule has 1 aliphatic heterocycles. The van der Waals surface area contributed by atoms with Crippen molar-refractivity contribution in [1.82, 2.24) is 19.7 Å². The number of carbonyl (C=O) groups is 1. The number of nitrogens with zero attached hydrogens (tertiary/aromatic N) is 5. The Labute approximate surface area is 170 Å². The first-order valence-electron chi connectivity index (χ1n) is 9.08. The average Bonchev–Trinajstić information content (AvgIpc) is 3.17. The van der Waals surface area contributed by atoms with E-state index in [4.69, 9.17) is 4.74 Å². The topological polar surface area (TPSA) is 63.5 Å². The molecule has 0 spiro atoms. The summed E-state index contributed by atoms with van der Waals surface area (Å²) in [6.07, 6.45) is -2.77. The highest BCUT2D eigenvalue weighted by molar-refractivity contribution is 7.99. The second kappa shape index (κ2) is 9.49. The molecule has 2 heterocycles. The molecular formula is C18H22F3N5O2S. The molecule has 1 aliphatic rings. The summed E-state index contributed by atoms with van der Waals surface area (Å²) in [5.41, 5.74) is -0.143. The molecule has 1 saturated heterocycles. The summed E-state index contributed by atoms with van der Waals surface area (Å²) in [5, 5.41) is 8.52.